The Balaban J connectivity index is 1.06. The van der Waals surface area contributed by atoms with E-state index in [9.17, 15) is 0 Å². The van der Waals surface area contributed by atoms with Crippen LogP contribution in [0, 0.1) is 0 Å². The van der Waals surface area contributed by atoms with Crippen LogP contribution in [-0.4, -0.2) is 0 Å². The Kier molecular flexibility index (Phi) is 10.6. The Morgan fingerprint density at radius 3 is 1.34 bits per heavy atom. The van der Waals surface area contributed by atoms with Crippen molar-refractivity contribution in [2.75, 3.05) is 4.90 Å². The molecule has 0 radical (unpaired) electrons. The van der Waals surface area contributed by atoms with Crippen molar-refractivity contribution < 1.29 is 0 Å². The van der Waals surface area contributed by atoms with Crippen LogP contribution >= 0.6 is 0 Å². The van der Waals surface area contributed by atoms with Gasteiger partial charge in [-0.05, 0) is 144 Å². The fourth-order valence-electron chi connectivity index (χ4n) is 13.0. The summed E-state index contributed by atoms with van der Waals surface area (Å²) >= 11 is 0. The lowest BCUT2D eigenvalue weighted by Crippen LogP contribution is -2.44. The highest BCUT2D eigenvalue weighted by Crippen LogP contribution is 2.65. The number of rotatable bonds is 9. The molecule has 0 aromatic heterocycles. The van der Waals surface area contributed by atoms with Crippen LogP contribution in [0.1, 0.15) is 87.5 Å². The molecule has 13 rings (SSSR count). The van der Waals surface area contributed by atoms with E-state index in [1.54, 1.807) is 0 Å². The van der Waals surface area contributed by atoms with Crippen molar-refractivity contribution >= 4 is 28.7 Å². The molecule has 0 saturated carbocycles. The molecule has 1 heteroatoms. The van der Waals surface area contributed by atoms with Gasteiger partial charge in [-0.2, -0.15) is 0 Å². The van der Waals surface area contributed by atoms with Crippen LogP contribution in [-0.2, 0) is 16.2 Å². The first kappa shape index (κ1) is 44.2. The third-order valence-corrected chi connectivity index (χ3v) is 16.2. The second-order valence-corrected chi connectivity index (χ2v) is 20.3. The minimum absolute atomic E-state index is 0.170. The Morgan fingerprint density at radius 1 is 0.356 bits per heavy atom. The van der Waals surface area contributed by atoms with Gasteiger partial charge in [0.1, 0.15) is 0 Å². The Hall–Kier alpha value is -8.78. The van der Waals surface area contributed by atoms with Gasteiger partial charge in [0, 0.05) is 22.5 Å². The highest BCUT2D eigenvalue weighted by molar-refractivity contribution is 5.94. The number of allylic oxidation sites excluding steroid dienone is 5. The van der Waals surface area contributed by atoms with Gasteiger partial charge < -0.3 is 4.90 Å². The zero-order valence-electron chi connectivity index (χ0n) is 41.5. The average Bonchev–Trinajstić information content (AvgIpc) is 3.87. The fourth-order valence-corrected chi connectivity index (χ4v) is 13.0. The van der Waals surface area contributed by atoms with Gasteiger partial charge in [-0.3, -0.25) is 0 Å². The first-order valence-electron chi connectivity index (χ1n) is 25.7. The molecule has 0 atom stereocenters. The molecule has 10 aromatic carbocycles. The number of anilines is 3. The summed E-state index contributed by atoms with van der Waals surface area (Å²) in [6, 6.07) is 93.4. The highest BCUT2D eigenvalue weighted by atomic mass is 15.1. The molecule has 0 heterocycles. The van der Waals surface area contributed by atoms with Gasteiger partial charge in [0.15, 0.2) is 0 Å². The summed E-state index contributed by atoms with van der Waals surface area (Å²) in [6.45, 7) is 6.81. The third-order valence-electron chi connectivity index (χ3n) is 16.2. The van der Waals surface area contributed by atoms with E-state index in [-0.39, 0.29) is 5.41 Å². The van der Waals surface area contributed by atoms with Crippen LogP contribution in [0.25, 0.3) is 33.9 Å². The molecule has 0 fully saturated rings. The SMILES string of the molecule is C\C=C/C=C\C(=C\c1ccccc1)c1ccc(N(c2ccc3c(c2)C(C)(C)c2ccccc2-3)c2ccc3c(c2)C2(c4ccccc4-3)c3ccccc3C(c3ccccc3)(c3ccccc3)c3ccccc32)cc1. The van der Waals surface area contributed by atoms with Gasteiger partial charge in [-0.1, -0.05) is 250 Å². The topological polar surface area (TPSA) is 3.24 Å². The minimum atomic E-state index is -0.629. The van der Waals surface area contributed by atoms with Gasteiger partial charge in [-0.25, -0.2) is 0 Å². The minimum Gasteiger partial charge on any atom is -0.310 e. The van der Waals surface area contributed by atoms with E-state index in [1.165, 1.54) is 83.5 Å². The van der Waals surface area contributed by atoms with Gasteiger partial charge in [0.25, 0.3) is 0 Å². The lowest BCUT2D eigenvalue weighted by Gasteiger charge is -2.50. The van der Waals surface area contributed by atoms with Crippen molar-refractivity contribution in [1.82, 2.24) is 0 Å². The maximum atomic E-state index is 2.53. The molecule has 0 aliphatic heterocycles. The Morgan fingerprint density at radius 2 is 0.781 bits per heavy atom. The Bertz CT molecular complexity index is 3730. The lowest BCUT2D eigenvalue weighted by molar-refractivity contribution is 0.623. The second-order valence-electron chi connectivity index (χ2n) is 20.3. The number of fused-ring (bicyclic) bond motifs is 12. The normalized spacial score (nSPS) is 15.1. The summed E-state index contributed by atoms with van der Waals surface area (Å²) in [6.07, 6.45) is 10.8. The number of hydrogen-bond acceptors (Lipinski definition) is 1. The van der Waals surface area contributed by atoms with Crippen molar-refractivity contribution in [2.24, 2.45) is 0 Å². The molecule has 3 aliphatic rings. The van der Waals surface area contributed by atoms with Crippen molar-refractivity contribution in [2.45, 2.75) is 37.0 Å². The molecule has 10 aromatic rings. The molecule has 3 aliphatic carbocycles. The van der Waals surface area contributed by atoms with E-state index in [0.29, 0.717) is 0 Å². The summed E-state index contributed by atoms with van der Waals surface area (Å²) in [4.78, 5) is 2.50. The number of benzene rings is 10. The van der Waals surface area contributed by atoms with E-state index in [2.05, 4.69) is 305 Å². The van der Waals surface area contributed by atoms with Crippen LogP contribution in [0.3, 0.4) is 0 Å². The lowest BCUT2D eigenvalue weighted by atomic mass is 9.51. The molecule has 1 nitrogen and oxygen atoms in total. The van der Waals surface area contributed by atoms with Crippen molar-refractivity contribution in [1.29, 1.82) is 0 Å². The van der Waals surface area contributed by atoms with E-state index in [4.69, 9.17) is 0 Å². The molecular weight excluding hydrogens is 879 g/mol. The van der Waals surface area contributed by atoms with Gasteiger partial charge in [0.2, 0.25) is 0 Å². The van der Waals surface area contributed by atoms with Crippen LogP contribution in [0.5, 0.6) is 0 Å². The van der Waals surface area contributed by atoms with E-state index < -0.39 is 10.8 Å². The average molecular weight is 934 g/mol. The molecular formula is C72H55N. The molecule has 0 bridgehead atoms. The number of nitrogens with zero attached hydrogens (tertiary/aromatic N) is 1. The largest absolute Gasteiger partial charge is 0.310 e. The monoisotopic (exact) mass is 933 g/mol. The molecule has 0 saturated heterocycles. The summed E-state index contributed by atoms with van der Waals surface area (Å²) in [5, 5.41) is 0. The molecule has 1 spiro atoms. The maximum absolute atomic E-state index is 2.53. The quantitative estimate of drug-likeness (QED) is 0.103. The van der Waals surface area contributed by atoms with Crippen LogP contribution in [0.2, 0.25) is 0 Å². The van der Waals surface area contributed by atoms with E-state index >= 15 is 0 Å². The first-order valence-corrected chi connectivity index (χ1v) is 25.7. The smallest absolute Gasteiger partial charge is 0.0720 e. The van der Waals surface area contributed by atoms with E-state index in [0.717, 1.165) is 28.2 Å². The predicted octanol–water partition coefficient (Wildman–Crippen LogP) is 18.2. The van der Waals surface area contributed by atoms with Crippen LogP contribution in [0.15, 0.2) is 273 Å². The molecule has 0 unspecified atom stereocenters. The van der Waals surface area contributed by atoms with Gasteiger partial charge in [-0.15, -0.1) is 0 Å². The summed E-state index contributed by atoms with van der Waals surface area (Å²) < 4.78 is 0. The zero-order chi connectivity index (χ0) is 49.2. The molecule has 73 heavy (non-hydrogen) atoms. The second kappa shape index (κ2) is 17.5. The fraction of sp³-hybridized carbons (Fsp3) is 0.0833. The van der Waals surface area contributed by atoms with Gasteiger partial charge in [0.05, 0.1) is 10.8 Å². The summed E-state index contributed by atoms with van der Waals surface area (Å²) in [5.41, 5.74) is 23.6. The Labute approximate surface area is 430 Å². The van der Waals surface area contributed by atoms with E-state index in [1.807, 2.05) is 0 Å². The zero-order valence-corrected chi connectivity index (χ0v) is 41.5. The molecule has 348 valence electrons. The summed E-state index contributed by atoms with van der Waals surface area (Å²) in [7, 11) is 0. The summed E-state index contributed by atoms with van der Waals surface area (Å²) in [5.74, 6) is 0. The van der Waals surface area contributed by atoms with Crippen molar-refractivity contribution in [3.05, 3.63) is 340 Å². The predicted molar refractivity (Wildman–Crippen MR) is 306 cm³/mol. The van der Waals surface area contributed by atoms with Crippen LogP contribution < -0.4 is 4.90 Å². The third kappa shape index (κ3) is 6.69. The van der Waals surface area contributed by atoms with Crippen molar-refractivity contribution in [3.8, 4) is 22.3 Å². The first-order chi connectivity index (χ1) is 35.9. The van der Waals surface area contributed by atoms with Crippen molar-refractivity contribution in [3.63, 3.8) is 0 Å². The molecule has 0 N–H and O–H groups in total. The standard InChI is InChI=1S/C72H55N/c1-4-5-9-26-52(47-50-24-10-6-11-25-50)51-39-41-55(42-40-51)73(56-43-45-60-58-31-16-18-33-62(58)70(2,3)68(60)48-56)57-44-46-61-59-32-17-19-34-63(59)72(69(61)49-57)66-37-22-20-35-64(66)71(53-27-12-7-13-28-53,54-29-14-8-15-30-54)65-36-21-23-38-67(65)72/h4-49H,1-3H3/b5-4-,26-9-,52-47-. The van der Waals surface area contributed by atoms with Gasteiger partial charge >= 0.3 is 0 Å². The maximum Gasteiger partial charge on any atom is 0.0720 e. The highest BCUT2D eigenvalue weighted by Gasteiger charge is 2.56. The number of hydrogen-bond donors (Lipinski definition) is 0. The molecule has 0 amide bonds. The van der Waals surface area contributed by atoms with Crippen LogP contribution in [0.4, 0.5) is 17.1 Å².